The Morgan fingerprint density at radius 1 is 0.904 bits per heavy atom. The van der Waals surface area contributed by atoms with Crippen LogP contribution in [-0.4, -0.2) is 59.0 Å². The number of amides is 1. The summed E-state index contributed by atoms with van der Waals surface area (Å²) < 4.78 is 42.5. The van der Waals surface area contributed by atoms with Crippen molar-refractivity contribution in [2.45, 2.75) is 62.3 Å². The highest BCUT2D eigenvalue weighted by Crippen LogP contribution is 2.53. The highest BCUT2D eigenvalue weighted by Gasteiger charge is 2.57. The van der Waals surface area contributed by atoms with Crippen LogP contribution in [0.4, 0.5) is 4.79 Å². The molecule has 4 aromatic carbocycles. The zero-order valence-electron chi connectivity index (χ0n) is 28.9. The highest BCUT2D eigenvalue weighted by atomic mass is 32.2. The van der Waals surface area contributed by atoms with Crippen molar-refractivity contribution in [2.75, 3.05) is 6.61 Å². The fourth-order valence-electron chi connectivity index (χ4n) is 7.98. The lowest BCUT2D eigenvalue weighted by Gasteiger charge is -2.54. The van der Waals surface area contributed by atoms with Gasteiger partial charge in [0, 0.05) is 23.3 Å². The normalized spacial score (nSPS) is 20.8. The molecule has 1 aromatic heterocycles. The highest BCUT2D eigenvalue weighted by molar-refractivity contribution is 7.90. The largest absolute Gasteiger partial charge is 0.462 e. The second kappa shape index (κ2) is 14.0. The summed E-state index contributed by atoms with van der Waals surface area (Å²) in [5.41, 5.74) is 1.70. The summed E-state index contributed by atoms with van der Waals surface area (Å²) in [7, 11) is -4.21. The van der Waals surface area contributed by atoms with Crippen molar-refractivity contribution in [1.82, 2.24) is 8.87 Å². The zero-order chi connectivity index (χ0) is 36.6. The average molecular weight is 721 g/mol. The van der Waals surface area contributed by atoms with Crippen molar-refractivity contribution in [3.05, 3.63) is 137 Å². The van der Waals surface area contributed by atoms with Gasteiger partial charge < -0.3 is 19.4 Å². The molecule has 1 saturated heterocycles. The first-order valence-corrected chi connectivity index (χ1v) is 18.9. The van der Waals surface area contributed by atoms with Crippen LogP contribution in [0.2, 0.25) is 0 Å². The third-order valence-corrected chi connectivity index (χ3v) is 12.4. The summed E-state index contributed by atoms with van der Waals surface area (Å²) in [5, 5.41) is 12.6. The van der Waals surface area contributed by atoms with Crippen LogP contribution in [0.25, 0.3) is 10.9 Å². The molecule has 0 spiro atoms. The SMILES string of the molecule is CC[C@@](O)(C=O)[C@@H]1C[C@H]2c3c(c4ccccc4n3S(=O)(=O)c3ccc(C)cc3)CC([C@H]1COC(=O)c1ccccc1)N2C(=O)OCc1ccccc1. The molecule has 11 heteroatoms. The van der Waals surface area contributed by atoms with Crippen molar-refractivity contribution < 1.29 is 37.4 Å². The minimum Gasteiger partial charge on any atom is -0.462 e. The van der Waals surface area contributed by atoms with E-state index >= 15 is 0 Å². The number of ether oxygens (including phenoxy) is 2. The molecule has 1 unspecified atom stereocenters. The van der Waals surface area contributed by atoms with Gasteiger partial charge in [0.05, 0.1) is 34.3 Å². The number of esters is 1. The second-order valence-corrected chi connectivity index (χ2v) is 15.4. The van der Waals surface area contributed by atoms with Crippen LogP contribution in [0.5, 0.6) is 0 Å². The molecule has 5 aromatic rings. The standard InChI is InChI=1S/C41H40N2O8S/c1-3-41(47,26-44)34-23-37-38-32(31-16-10-11-17-35(31)43(38)52(48,49)30-20-18-27(2)19-21-30)22-36(33(34)25-50-39(45)29-14-8-5-9-15-29)42(37)40(46)51-24-28-12-6-4-7-13-28/h4-21,26,33-34,36-37,47H,3,22-25H2,1-2H3/t33-,34+,36?,37-,41+/m0/s1. The van der Waals surface area contributed by atoms with Gasteiger partial charge in [-0.05, 0) is 67.6 Å². The molecule has 268 valence electrons. The van der Waals surface area contributed by atoms with Gasteiger partial charge in [0.1, 0.15) is 12.2 Å². The van der Waals surface area contributed by atoms with Crippen molar-refractivity contribution in [2.24, 2.45) is 11.8 Å². The molecule has 5 atom stereocenters. The van der Waals surface area contributed by atoms with Crippen molar-refractivity contribution in [3.63, 3.8) is 0 Å². The molecule has 2 aliphatic rings. The van der Waals surface area contributed by atoms with E-state index in [-0.39, 0.29) is 37.4 Å². The Kier molecular flexibility index (Phi) is 9.50. The molecule has 2 bridgehead atoms. The Bertz CT molecular complexity index is 2220. The molecule has 1 fully saturated rings. The number of carbonyl (C=O) groups is 3. The van der Waals surface area contributed by atoms with Crippen molar-refractivity contribution in [3.8, 4) is 0 Å². The summed E-state index contributed by atoms with van der Waals surface area (Å²) in [6.07, 6.45) is 0.0480. The van der Waals surface area contributed by atoms with Gasteiger partial charge in [-0.2, -0.15) is 0 Å². The number of hydrogen-bond acceptors (Lipinski definition) is 8. The number of hydrogen-bond donors (Lipinski definition) is 1. The maximum absolute atomic E-state index is 14.7. The Hall–Kier alpha value is -5.26. The summed E-state index contributed by atoms with van der Waals surface area (Å²) in [4.78, 5) is 42.0. The number of aromatic nitrogens is 1. The second-order valence-electron chi connectivity index (χ2n) is 13.6. The first-order valence-electron chi connectivity index (χ1n) is 17.4. The zero-order valence-corrected chi connectivity index (χ0v) is 29.7. The van der Waals surface area contributed by atoms with Crippen LogP contribution in [0.1, 0.15) is 58.5 Å². The van der Waals surface area contributed by atoms with Crippen LogP contribution < -0.4 is 0 Å². The number of aliphatic hydroxyl groups is 1. The molecule has 7 rings (SSSR count). The lowest BCUT2D eigenvalue weighted by Crippen LogP contribution is -2.62. The molecule has 52 heavy (non-hydrogen) atoms. The minimum atomic E-state index is -4.21. The predicted octanol–water partition coefficient (Wildman–Crippen LogP) is 6.62. The molecule has 3 heterocycles. The summed E-state index contributed by atoms with van der Waals surface area (Å²) in [5.74, 6) is -2.11. The summed E-state index contributed by atoms with van der Waals surface area (Å²) >= 11 is 0. The molecule has 0 radical (unpaired) electrons. The molecular formula is C41H40N2O8S. The Balaban J connectivity index is 1.39. The van der Waals surface area contributed by atoms with Gasteiger partial charge in [-0.1, -0.05) is 91.3 Å². The molecule has 1 amide bonds. The van der Waals surface area contributed by atoms with Gasteiger partial charge >= 0.3 is 12.1 Å². The van der Waals surface area contributed by atoms with Crippen LogP contribution in [0.3, 0.4) is 0 Å². The molecule has 1 N–H and O–H groups in total. The molecular weight excluding hydrogens is 681 g/mol. The van der Waals surface area contributed by atoms with Crippen LogP contribution in [0, 0.1) is 18.8 Å². The molecule has 10 nitrogen and oxygen atoms in total. The summed E-state index contributed by atoms with van der Waals surface area (Å²) in [6.45, 7) is 3.34. The molecule has 2 aliphatic heterocycles. The van der Waals surface area contributed by atoms with Gasteiger partial charge in [-0.3, -0.25) is 4.90 Å². The van der Waals surface area contributed by atoms with Crippen molar-refractivity contribution >= 4 is 39.3 Å². The van der Waals surface area contributed by atoms with Gasteiger partial charge in [-0.15, -0.1) is 0 Å². The van der Waals surface area contributed by atoms with Gasteiger partial charge in [-0.25, -0.2) is 22.0 Å². The van der Waals surface area contributed by atoms with E-state index in [1.54, 1.807) is 78.6 Å². The monoisotopic (exact) mass is 720 g/mol. The van der Waals surface area contributed by atoms with E-state index in [2.05, 4.69) is 0 Å². The number of rotatable bonds is 10. The van der Waals surface area contributed by atoms with E-state index in [1.807, 2.05) is 49.4 Å². The van der Waals surface area contributed by atoms with E-state index in [9.17, 15) is 27.9 Å². The Morgan fingerprint density at radius 2 is 1.56 bits per heavy atom. The number of aryl methyl sites for hydroxylation is 1. The Morgan fingerprint density at radius 3 is 2.23 bits per heavy atom. The predicted molar refractivity (Wildman–Crippen MR) is 194 cm³/mol. The van der Waals surface area contributed by atoms with E-state index in [0.717, 1.165) is 16.7 Å². The lowest BCUT2D eigenvalue weighted by molar-refractivity contribution is -0.146. The molecule has 0 aliphatic carbocycles. The number of nitrogens with zero attached hydrogens (tertiary/aromatic N) is 2. The first kappa shape index (κ1) is 35.2. The maximum Gasteiger partial charge on any atom is 0.410 e. The Labute approximate surface area is 302 Å². The quantitative estimate of drug-likeness (QED) is 0.126. The van der Waals surface area contributed by atoms with Crippen LogP contribution in [-0.2, 0) is 37.3 Å². The first-order chi connectivity index (χ1) is 25.1. The number of benzene rings is 4. The maximum atomic E-state index is 14.7. The molecule has 0 saturated carbocycles. The van der Waals surface area contributed by atoms with E-state index < -0.39 is 51.6 Å². The number of aldehydes is 1. The lowest BCUT2D eigenvalue weighted by atomic mass is 9.64. The number of para-hydroxylation sites is 1. The smallest absolute Gasteiger partial charge is 0.410 e. The number of carbonyl (C=O) groups excluding carboxylic acids is 3. The van der Waals surface area contributed by atoms with Crippen molar-refractivity contribution in [1.29, 1.82) is 0 Å². The third kappa shape index (κ3) is 6.17. The van der Waals surface area contributed by atoms with E-state index in [1.165, 1.54) is 3.97 Å². The average Bonchev–Trinajstić information content (AvgIpc) is 3.51. The fraction of sp³-hybridized carbons (Fsp3) is 0.293. The topological polar surface area (TPSA) is 132 Å². The van der Waals surface area contributed by atoms with Gasteiger partial charge in [0.2, 0.25) is 0 Å². The van der Waals surface area contributed by atoms with Crippen LogP contribution >= 0.6 is 0 Å². The van der Waals surface area contributed by atoms with Gasteiger partial charge in [0.15, 0.2) is 6.29 Å². The van der Waals surface area contributed by atoms with Crippen LogP contribution in [0.15, 0.2) is 114 Å². The summed E-state index contributed by atoms with van der Waals surface area (Å²) in [6, 6.07) is 29.9. The van der Waals surface area contributed by atoms with E-state index in [4.69, 9.17) is 9.47 Å². The number of fused-ring (bicyclic) bond motifs is 6. The fourth-order valence-corrected chi connectivity index (χ4v) is 9.58. The number of piperidine rings is 1. The van der Waals surface area contributed by atoms with Gasteiger partial charge in [0.25, 0.3) is 10.0 Å². The third-order valence-electron chi connectivity index (χ3n) is 10.7. The minimum absolute atomic E-state index is 0.000308. The van der Waals surface area contributed by atoms with E-state index in [0.29, 0.717) is 28.4 Å².